The van der Waals surface area contributed by atoms with Gasteiger partial charge in [0.05, 0.1) is 0 Å². The van der Waals surface area contributed by atoms with Gasteiger partial charge in [-0.05, 0) is 24.2 Å². The zero-order chi connectivity index (χ0) is 9.73. The largest absolute Gasteiger partial charge is 0.0776 e. The van der Waals surface area contributed by atoms with E-state index in [1.165, 1.54) is 51.4 Å². The van der Waals surface area contributed by atoms with Gasteiger partial charge in [0.25, 0.3) is 0 Å². The zero-order valence-corrected chi connectivity index (χ0v) is 9.73. The fourth-order valence-electron chi connectivity index (χ4n) is 1.97. The third kappa shape index (κ3) is 6.45. The van der Waals surface area contributed by atoms with E-state index in [4.69, 9.17) is 0 Å². The average Bonchev–Trinajstić information content (AvgIpc) is 2.90. The first kappa shape index (κ1) is 14.0. The molecule has 0 nitrogen and oxygen atoms in total. The highest BCUT2D eigenvalue weighted by Crippen LogP contribution is 2.37. The van der Waals surface area contributed by atoms with Crippen LogP contribution in [0.1, 0.15) is 79.6 Å². The molecule has 0 aromatic rings. The van der Waals surface area contributed by atoms with Crippen molar-refractivity contribution >= 4 is 0 Å². The lowest BCUT2D eigenvalue weighted by Crippen LogP contribution is -2.22. The van der Waals surface area contributed by atoms with E-state index >= 15 is 0 Å². The second-order valence-electron chi connectivity index (χ2n) is 5.76. The molecule has 0 heteroatoms. The molecular formula is C14H30. The Bertz CT molecular complexity index is 119. The molecule has 14 heavy (non-hydrogen) atoms. The van der Waals surface area contributed by atoms with E-state index in [0.29, 0.717) is 5.41 Å². The van der Waals surface area contributed by atoms with Gasteiger partial charge in [-0.3, -0.25) is 0 Å². The van der Waals surface area contributed by atoms with E-state index in [9.17, 15) is 0 Å². The van der Waals surface area contributed by atoms with Gasteiger partial charge in [0.1, 0.15) is 0 Å². The summed E-state index contributed by atoms with van der Waals surface area (Å²) in [7, 11) is 0. The summed E-state index contributed by atoms with van der Waals surface area (Å²) in [5, 5.41) is 0. The maximum absolute atomic E-state index is 2.38. The lowest BCUT2D eigenvalue weighted by atomic mass is 9.72. The summed E-state index contributed by atoms with van der Waals surface area (Å²) in [5.74, 6) is 1.00. The summed E-state index contributed by atoms with van der Waals surface area (Å²) in [5.41, 5.74) is 0.570. The second-order valence-corrected chi connectivity index (χ2v) is 5.76. The lowest BCUT2D eigenvalue weighted by Gasteiger charge is -2.33. The minimum Gasteiger partial charge on any atom is -0.0776 e. The minimum atomic E-state index is 0. The van der Waals surface area contributed by atoms with E-state index in [-0.39, 0.29) is 7.43 Å². The summed E-state index contributed by atoms with van der Waals surface area (Å²) in [6.45, 7) is 7.13. The third-order valence-corrected chi connectivity index (χ3v) is 3.18. The molecule has 2 rings (SSSR count). The fraction of sp³-hybridized carbons (Fsp3) is 1.00. The molecule has 2 saturated carbocycles. The quantitative estimate of drug-likeness (QED) is 0.487. The molecule has 2 aliphatic carbocycles. The summed E-state index contributed by atoms with van der Waals surface area (Å²) in [4.78, 5) is 0. The van der Waals surface area contributed by atoms with Crippen LogP contribution in [0.2, 0.25) is 0 Å². The molecule has 0 spiro atoms. The molecule has 2 fully saturated rings. The van der Waals surface area contributed by atoms with Crippen molar-refractivity contribution in [3.8, 4) is 0 Å². The molecule has 86 valence electrons. The first-order valence-corrected chi connectivity index (χ1v) is 6.11. The summed E-state index contributed by atoms with van der Waals surface area (Å²) in [6.07, 6.45) is 11.9. The van der Waals surface area contributed by atoms with E-state index < -0.39 is 0 Å². The van der Waals surface area contributed by atoms with Crippen molar-refractivity contribution in [2.45, 2.75) is 79.6 Å². The van der Waals surface area contributed by atoms with Crippen LogP contribution in [-0.2, 0) is 0 Å². The Balaban J connectivity index is 0.000000360. The Morgan fingerprint density at radius 3 is 1.29 bits per heavy atom. The van der Waals surface area contributed by atoms with Crippen LogP contribution < -0.4 is 0 Å². The van der Waals surface area contributed by atoms with Gasteiger partial charge in [0, 0.05) is 0 Å². The van der Waals surface area contributed by atoms with Crippen molar-refractivity contribution < 1.29 is 0 Å². The summed E-state index contributed by atoms with van der Waals surface area (Å²) >= 11 is 0. The maximum atomic E-state index is 2.38. The van der Waals surface area contributed by atoms with Gasteiger partial charge >= 0.3 is 0 Å². The Morgan fingerprint density at radius 1 is 0.714 bits per heavy atom. The molecule has 0 aromatic carbocycles. The van der Waals surface area contributed by atoms with Gasteiger partial charge in [0.15, 0.2) is 0 Å². The molecule has 0 saturated heterocycles. The normalized spacial score (nSPS) is 21.6. The van der Waals surface area contributed by atoms with Crippen LogP contribution >= 0.6 is 0 Å². The Labute approximate surface area is 91.5 Å². The van der Waals surface area contributed by atoms with Crippen LogP contribution in [0.4, 0.5) is 0 Å². The molecule has 0 heterocycles. The molecule has 0 amide bonds. The SMILES string of the molecule is C.C1CC1.CC(C)(C)C1CCCCC1. The van der Waals surface area contributed by atoms with Crippen molar-refractivity contribution in [3.05, 3.63) is 0 Å². The molecular weight excluding hydrogens is 168 g/mol. The van der Waals surface area contributed by atoms with Crippen LogP contribution in [0.5, 0.6) is 0 Å². The highest BCUT2D eigenvalue weighted by atomic mass is 14.3. The summed E-state index contributed by atoms with van der Waals surface area (Å²) in [6, 6.07) is 0. The van der Waals surface area contributed by atoms with Crippen LogP contribution in [0, 0.1) is 11.3 Å². The standard InChI is InChI=1S/C10H20.C3H6.CH4/c1-10(2,3)9-7-5-4-6-8-9;1-2-3-1;/h9H,4-8H2,1-3H3;1-3H2;1H4. The van der Waals surface area contributed by atoms with Crippen LogP contribution in [0.3, 0.4) is 0 Å². The van der Waals surface area contributed by atoms with Crippen LogP contribution in [0.15, 0.2) is 0 Å². The first-order chi connectivity index (χ1) is 6.11. The van der Waals surface area contributed by atoms with Crippen molar-refractivity contribution in [2.24, 2.45) is 11.3 Å². The van der Waals surface area contributed by atoms with Crippen molar-refractivity contribution in [2.75, 3.05) is 0 Å². The number of rotatable bonds is 0. The number of hydrogen-bond donors (Lipinski definition) is 0. The molecule has 2 aliphatic rings. The molecule has 0 N–H and O–H groups in total. The topological polar surface area (TPSA) is 0 Å². The molecule has 0 aliphatic heterocycles. The van der Waals surface area contributed by atoms with Crippen LogP contribution in [0.25, 0.3) is 0 Å². The van der Waals surface area contributed by atoms with Gasteiger partial charge in [-0.2, -0.15) is 0 Å². The predicted octanol–water partition coefficient (Wildman–Crippen LogP) is 5.42. The minimum absolute atomic E-state index is 0. The average molecular weight is 198 g/mol. The van der Waals surface area contributed by atoms with Crippen molar-refractivity contribution in [3.63, 3.8) is 0 Å². The highest BCUT2D eigenvalue weighted by molar-refractivity contribution is 4.76. The van der Waals surface area contributed by atoms with Gasteiger partial charge in [-0.15, -0.1) is 0 Å². The lowest BCUT2D eigenvalue weighted by molar-refractivity contribution is 0.180. The first-order valence-electron chi connectivity index (χ1n) is 6.11. The van der Waals surface area contributed by atoms with Gasteiger partial charge in [-0.1, -0.05) is 66.7 Å². The van der Waals surface area contributed by atoms with Crippen molar-refractivity contribution in [1.82, 2.24) is 0 Å². The molecule has 0 bridgehead atoms. The van der Waals surface area contributed by atoms with Crippen LogP contribution in [-0.4, -0.2) is 0 Å². The smallest absolute Gasteiger partial charge is 0.0354 e. The molecule has 0 atom stereocenters. The number of hydrogen-bond acceptors (Lipinski definition) is 0. The Kier molecular flexibility index (Phi) is 6.48. The Hall–Kier alpha value is 0. The highest BCUT2D eigenvalue weighted by Gasteiger charge is 2.25. The van der Waals surface area contributed by atoms with E-state index in [0.717, 1.165) is 5.92 Å². The summed E-state index contributed by atoms with van der Waals surface area (Å²) < 4.78 is 0. The molecule has 0 radical (unpaired) electrons. The Morgan fingerprint density at radius 2 is 1.07 bits per heavy atom. The van der Waals surface area contributed by atoms with Crippen molar-refractivity contribution in [1.29, 1.82) is 0 Å². The maximum Gasteiger partial charge on any atom is -0.0354 e. The third-order valence-electron chi connectivity index (χ3n) is 3.18. The monoisotopic (exact) mass is 198 g/mol. The van der Waals surface area contributed by atoms with Gasteiger partial charge < -0.3 is 0 Å². The molecule has 0 aromatic heterocycles. The van der Waals surface area contributed by atoms with E-state index in [1.54, 1.807) is 0 Å². The van der Waals surface area contributed by atoms with E-state index in [2.05, 4.69) is 20.8 Å². The molecule has 0 unspecified atom stereocenters. The van der Waals surface area contributed by atoms with Gasteiger partial charge in [-0.25, -0.2) is 0 Å². The second kappa shape index (κ2) is 6.48. The fourth-order valence-corrected chi connectivity index (χ4v) is 1.97. The predicted molar refractivity (Wildman–Crippen MR) is 66.6 cm³/mol. The zero-order valence-electron chi connectivity index (χ0n) is 9.73. The van der Waals surface area contributed by atoms with E-state index in [1.807, 2.05) is 0 Å². The van der Waals surface area contributed by atoms with Gasteiger partial charge in [0.2, 0.25) is 0 Å².